The van der Waals surface area contributed by atoms with Crippen LogP contribution in [0, 0.1) is 5.92 Å². The van der Waals surface area contributed by atoms with Crippen LogP contribution in [0.2, 0.25) is 0 Å². The fraction of sp³-hybridized carbons (Fsp3) is 0.292. The zero-order chi connectivity index (χ0) is 22.9. The Balaban J connectivity index is 1.49. The van der Waals surface area contributed by atoms with Gasteiger partial charge in [-0.1, -0.05) is 6.08 Å². The summed E-state index contributed by atoms with van der Waals surface area (Å²) in [5.41, 5.74) is 1.33. The molecule has 0 spiro atoms. The first kappa shape index (κ1) is 22.9. The predicted octanol–water partition coefficient (Wildman–Crippen LogP) is 2.76. The van der Waals surface area contributed by atoms with E-state index >= 15 is 0 Å². The Bertz CT molecular complexity index is 957. The highest BCUT2D eigenvalue weighted by atomic mass is 16.5. The van der Waals surface area contributed by atoms with Gasteiger partial charge in [0.2, 0.25) is 11.8 Å². The average Bonchev–Trinajstić information content (AvgIpc) is 3.19. The number of benzene rings is 2. The number of nitrogens with one attached hydrogen (secondary N) is 2. The fourth-order valence-corrected chi connectivity index (χ4v) is 3.32. The Morgan fingerprint density at radius 3 is 2.41 bits per heavy atom. The van der Waals surface area contributed by atoms with Gasteiger partial charge in [-0.2, -0.15) is 0 Å². The van der Waals surface area contributed by atoms with E-state index < -0.39 is 0 Å². The van der Waals surface area contributed by atoms with E-state index in [2.05, 4.69) is 17.2 Å². The second-order valence-electron chi connectivity index (χ2n) is 7.23. The van der Waals surface area contributed by atoms with Crippen molar-refractivity contribution in [3.05, 3.63) is 61.2 Å². The van der Waals surface area contributed by atoms with Crippen LogP contribution in [0.4, 0.5) is 11.4 Å². The SMILES string of the molecule is C=CCNC(=O)[C@H]1CC(=O)N(c2ccc(OCC(=O)Nc3ccc(OCC)cc3)cc2)C1. The van der Waals surface area contributed by atoms with Crippen LogP contribution < -0.4 is 25.0 Å². The Morgan fingerprint density at radius 1 is 1.09 bits per heavy atom. The lowest BCUT2D eigenvalue weighted by molar-refractivity contribution is -0.126. The Morgan fingerprint density at radius 2 is 1.75 bits per heavy atom. The number of anilines is 2. The van der Waals surface area contributed by atoms with Crippen LogP contribution in [-0.4, -0.2) is 44.0 Å². The lowest BCUT2D eigenvalue weighted by atomic mass is 10.1. The number of amides is 3. The van der Waals surface area contributed by atoms with E-state index in [4.69, 9.17) is 9.47 Å². The lowest BCUT2D eigenvalue weighted by Crippen LogP contribution is -2.32. The quantitative estimate of drug-likeness (QED) is 0.557. The smallest absolute Gasteiger partial charge is 0.262 e. The average molecular weight is 437 g/mol. The van der Waals surface area contributed by atoms with Crippen molar-refractivity contribution in [1.29, 1.82) is 0 Å². The Labute approximate surface area is 187 Å². The van der Waals surface area contributed by atoms with Crippen LogP contribution in [0.3, 0.4) is 0 Å². The van der Waals surface area contributed by atoms with Crippen molar-refractivity contribution in [2.24, 2.45) is 5.92 Å². The summed E-state index contributed by atoms with van der Waals surface area (Å²) in [6, 6.07) is 13.9. The first-order chi connectivity index (χ1) is 15.5. The maximum absolute atomic E-state index is 12.3. The first-order valence-corrected chi connectivity index (χ1v) is 10.4. The summed E-state index contributed by atoms with van der Waals surface area (Å²) >= 11 is 0. The molecule has 2 aromatic rings. The molecule has 8 heteroatoms. The molecule has 0 aliphatic carbocycles. The highest BCUT2D eigenvalue weighted by molar-refractivity contribution is 6.00. The highest BCUT2D eigenvalue weighted by Crippen LogP contribution is 2.27. The van der Waals surface area contributed by atoms with Crippen molar-refractivity contribution >= 4 is 29.1 Å². The van der Waals surface area contributed by atoms with Crippen molar-refractivity contribution in [2.75, 3.05) is 36.5 Å². The summed E-state index contributed by atoms with van der Waals surface area (Å²) in [7, 11) is 0. The summed E-state index contributed by atoms with van der Waals surface area (Å²) in [6.45, 7) is 6.60. The van der Waals surface area contributed by atoms with Gasteiger partial charge in [-0.3, -0.25) is 14.4 Å². The molecule has 1 aliphatic heterocycles. The van der Waals surface area contributed by atoms with Crippen LogP contribution in [0.25, 0.3) is 0 Å². The maximum atomic E-state index is 12.3. The lowest BCUT2D eigenvalue weighted by Gasteiger charge is -2.17. The van der Waals surface area contributed by atoms with Gasteiger partial charge >= 0.3 is 0 Å². The number of ether oxygens (including phenoxy) is 2. The van der Waals surface area contributed by atoms with Crippen LogP contribution in [0.15, 0.2) is 61.2 Å². The molecule has 1 fully saturated rings. The number of rotatable bonds is 10. The third kappa shape index (κ3) is 6.10. The molecule has 0 aromatic heterocycles. The molecule has 0 saturated carbocycles. The monoisotopic (exact) mass is 437 g/mol. The second kappa shape index (κ2) is 11.0. The van der Waals surface area contributed by atoms with Crippen LogP contribution >= 0.6 is 0 Å². The zero-order valence-corrected chi connectivity index (χ0v) is 18.0. The normalized spacial score (nSPS) is 15.2. The molecule has 2 aromatic carbocycles. The van der Waals surface area contributed by atoms with Gasteiger partial charge in [0.15, 0.2) is 6.61 Å². The Hall–Kier alpha value is -3.81. The van der Waals surface area contributed by atoms with E-state index in [1.54, 1.807) is 59.5 Å². The molecule has 3 amide bonds. The molecule has 1 aliphatic rings. The van der Waals surface area contributed by atoms with E-state index in [0.29, 0.717) is 36.8 Å². The summed E-state index contributed by atoms with van der Waals surface area (Å²) in [4.78, 5) is 38.1. The molecule has 1 atom stereocenters. The second-order valence-corrected chi connectivity index (χ2v) is 7.23. The standard InChI is InChI=1S/C24H27N3O5/c1-3-13-25-24(30)17-14-23(29)27(15-17)19-7-11-21(12-8-19)32-16-22(28)26-18-5-9-20(10-6-18)31-4-2/h3,5-12,17H,1,4,13-16H2,2H3,(H,25,30)(H,26,28)/t17-/m0/s1. The summed E-state index contributed by atoms with van der Waals surface area (Å²) in [6.07, 6.45) is 1.77. The predicted molar refractivity (Wildman–Crippen MR) is 122 cm³/mol. The van der Waals surface area contributed by atoms with Crippen LogP contribution in [0.1, 0.15) is 13.3 Å². The van der Waals surface area contributed by atoms with Gasteiger partial charge in [-0.25, -0.2) is 0 Å². The summed E-state index contributed by atoms with van der Waals surface area (Å²) in [5.74, 6) is 0.307. The fourth-order valence-electron chi connectivity index (χ4n) is 3.32. The van der Waals surface area contributed by atoms with Gasteiger partial charge in [0, 0.05) is 30.9 Å². The van der Waals surface area contributed by atoms with Gasteiger partial charge in [0.1, 0.15) is 11.5 Å². The molecule has 168 valence electrons. The maximum Gasteiger partial charge on any atom is 0.262 e. The largest absolute Gasteiger partial charge is 0.494 e. The number of hydrogen-bond acceptors (Lipinski definition) is 5. The molecule has 32 heavy (non-hydrogen) atoms. The first-order valence-electron chi connectivity index (χ1n) is 10.4. The molecule has 1 saturated heterocycles. The minimum atomic E-state index is -0.385. The molecule has 3 rings (SSSR count). The summed E-state index contributed by atoms with van der Waals surface area (Å²) in [5, 5.41) is 5.49. The number of hydrogen-bond donors (Lipinski definition) is 2. The van der Waals surface area contributed by atoms with E-state index in [1.807, 2.05) is 6.92 Å². The molecule has 2 N–H and O–H groups in total. The summed E-state index contributed by atoms with van der Waals surface area (Å²) < 4.78 is 10.9. The van der Waals surface area contributed by atoms with Gasteiger partial charge < -0.3 is 25.0 Å². The Kier molecular flexibility index (Phi) is 7.85. The van der Waals surface area contributed by atoms with Gasteiger partial charge in [-0.15, -0.1) is 6.58 Å². The highest BCUT2D eigenvalue weighted by Gasteiger charge is 2.34. The minimum Gasteiger partial charge on any atom is -0.494 e. The third-order valence-electron chi connectivity index (χ3n) is 4.88. The van der Waals surface area contributed by atoms with E-state index in [-0.39, 0.29) is 36.7 Å². The number of carbonyl (C=O) groups is 3. The van der Waals surface area contributed by atoms with Gasteiger partial charge in [-0.05, 0) is 55.5 Å². The molecule has 0 unspecified atom stereocenters. The van der Waals surface area contributed by atoms with E-state index in [0.717, 1.165) is 5.75 Å². The van der Waals surface area contributed by atoms with Crippen LogP contribution in [-0.2, 0) is 14.4 Å². The number of nitrogens with zero attached hydrogens (tertiary/aromatic N) is 1. The molecule has 8 nitrogen and oxygen atoms in total. The van der Waals surface area contributed by atoms with Crippen molar-refractivity contribution in [2.45, 2.75) is 13.3 Å². The molecule has 0 radical (unpaired) electrons. The van der Waals surface area contributed by atoms with E-state index in [1.165, 1.54) is 0 Å². The van der Waals surface area contributed by atoms with Crippen molar-refractivity contribution in [3.63, 3.8) is 0 Å². The third-order valence-corrected chi connectivity index (χ3v) is 4.88. The zero-order valence-electron chi connectivity index (χ0n) is 18.0. The van der Waals surface area contributed by atoms with Crippen molar-refractivity contribution in [3.8, 4) is 11.5 Å². The van der Waals surface area contributed by atoms with E-state index in [9.17, 15) is 14.4 Å². The van der Waals surface area contributed by atoms with Crippen molar-refractivity contribution < 1.29 is 23.9 Å². The molecular formula is C24H27N3O5. The topological polar surface area (TPSA) is 97.0 Å². The van der Waals surface area contributed by atoms with Gasteiger partial charge in [0.25, 0.3) is 5.91 Å². The molecule has 0 bridgehead atoms. The number of carbonyl (C=O) groups excluding carboxylic acids is 3. The van der Waals surface area contributed by atoms with Crippen LogP contribution in [0.5, 0.6) is 11.5 Å². The molecular weight excluding hydrogens is 410 g/mol. The van der Waals surface area contributed by atoms with Crippen molar-refractivity contribution in [1.82, 2.24) is 5.32 Å². The molecule has 1 heterocycles. The van der Waals surface area contributed by atoms with Gasteiger partial charge in [0.05, 0.1) is 12.5 Å². The minimum absolute atomic E-state index is 0.104.